The van der Waals surface area contributed by atoms with Crippen LogP contribution >= 0.6 is 0 Å². The summed E-state index contributed by atoms with van der Waals surface area (Å²) >= 11 is 0. The lowest BCUT2D eigenvalue weighted by molar-refractivity contribution is -0.143. The zero-order chi connectivity index (χ0) is 39.7. The molecule has 0 N–H and O–H groups in total. The molecule has 56 heavy (non-hydrogen) atoms. The molecule has 2 aromatic heterocycles. The number of nitriles is 1. The Morgan fingerprint density at radius 3 is 1.20 bits per heavy atom. The zero-order valence-corrected chi connectivity index (χ0v) is 30.1. The van der Waals surface area contributed by atoms with Crippen molar-refractivity contribution in [2.24, 2.45) is 0 Å². The van der Waals surface area contributed by atoms with Gasteiger partial charge in [0.05, 0.1) is 73.0 Å². The van der Waals surface area contributed by atoms with Gasteiger partial charge >= 0.3 is 12.4 Å². The van der Waals surface area contributed by atoms with Gasteiger partial charge < -0.3 is 28.1 Å². The lowest BCUT2D eigenvalue weighted by Gasteiger charge is -2.21. The summed E-state index contributed by atoms with van der Waals surface area (Å²) in [6.07, 6.45) is -10.2. The molecule has 6 aromatic carbocycles. The van der Waals surface area contributed by atoms with Crippen molar-refractivity contribution in [1.29, 1.82) is 5.26 Å². The molecule has 0 saturated carbocycles. The number of halogens is 6. The van der Waals surface area contributed by atoms with Gasteiger partial charge in [-0.15, -0.1) is 0 Å². The minimum Gasteiger partial charge on any atom is -0.497 e. The maximum absolute atomic E-state index is 14.3. The average molecular weight is 766 g/mol. The number of hydrogen-bond donors (Lipinski definition) is 0. The minimum atomic E-state index is -5.11. The highest BCUT2D eigenvalue weighted by molar-refractivity contribution is 6.12. The highest BCUT2D eigenvalue weighted by Gasteiger charge is 2.38. The van der Waals surface area contributed by atoms with E-state index in [9.17, 15) is 31.6 Å². The fourth-order valence-electron chi connectivity index (χ4n) is 7.42. The van der Waals surface area contributed by atoms with Crippen molar-refractivity contribution in [3.8, 4) is 51.6 Å². The van der Waals surface area contributed by atoms with Gasteiger partial charge in [-0.2, -0.15) is 31.6 Å². The normalized spacial score (nSPS) is 12.1. The largest absolute Gasteiger partial charge is 0.497 e. The molecular weight excluding hydrogens is 736 g/mol. The van der Waals surface area contributed by atoms with Gasteiger partial charge in [0.2, 0.25) is 0 Å². The number of aromatic nitrogens is 2. The van der Waals surface area contributed by atoms with Crippen LogP contribution < -0.4 is 18.9 Å². The number of benzene rings is 6. The number of nitrogens with zero attached hydrogens (tertiary/aromatic N) is 3. The molecule has 0 unspecified atom stereocenters. The topological polar surface area (TPSA) is 70.6 Å². The van der Waals surface area contributed by atoms with E-state index < -0.39 is 23.5 Å². The molecule has 0 radical (unpaired) electrons. The maximum atomic E-state index is 14.3. The first-order valence-electron chi connectivity index (χ1n) is 17.0. The van der Waals surface area contributed by atoms with Crippen molar-refractivity contribution in [1.82, 2.24) is 9.13 Å². The second-order valence-corrected chi connectivity index (χ2v) is 13.0. The first-order valence-corrected chi connectivity index (χ1v) is 17.0. The van der Waals surface area contributed by atoms with E-state index in [0.29, 0.717) is 73.7 Å². The molecular formula is C43H29F6N3O4. The van der Waals surface area contributed by atoms with E-state index in [0.717, 1.165) is 10.8 Å². The number of rotatable bonds is 7. The third-order valence-corrected chi connectivity index (χ3v) is 9.99. The number of methoxy groups -OCH3 is 4. The van der Waals surface area contributed by atoms with E-state index in [1.54, 1.807) is 53.1 Å². The van der Waals surface area contributed by atoms with E-state index in [1.807, 2.05) is 28.8 Å². The fraction of sp³-hybridized carbons (Fsp3) is 0.140. The smallest absolute Gasteiger partial charge is 0.416 e. The van der Waals surface area contributed by atoms with E-state index in [1.165, 1.54) is 40.6 Å². The molecule has 0 aliphatic rings. The van der Waals surface area contributed by atoms with Gasteiger partial charge in [0.25, 0.3) is 0 Å². The Morgan fingerprint density at radius 2 is 0.857 bits per heavy atom. The van der Waals surface area contributed by atoms with Gasteiger partial charge in [-0.05, 0) is 103 Å². The molecule has 282 valence electrons. The zero-order valence-electron chi connectivity index (χ0n) is 30.1. The Morgan fingerprint density at radius 1 is 0.482 bits per heavy atom. The Labute approximate surface area is 315 Å². The molecule has 0 atom stereocenters. The van der Waals surface area contributed by atoms with Crippen LogP contribution in [0.15, 0.2) is 103 Å². The van der Waals surface area contributed by atoms with Gasteiger partial charge in [-0.3, -0.25) is 0 Å². The number of ether oxygens (including phenoxy) is 4. The van der Waals surface area contributed by atoms with Crippen LogP contribution in [-0.2, 0) is 12.4 Å². The molecule has 0 amide bonds. The highest BCUT2D eigenvalue weighted by atomic mass is 19.4. The monoisotopic (exact) mass is 765 g/mol. The summed E-state index contributed by atoms with van der Waals surface area (Å²) in [6.45, 7) is 0. The summed E-state index contributed by atoms with van der Waals surface area (Å²) in [5.74, 6) is 2.13. The van der Waals surface area contributed by atoms with Crippen molar-refractivity contribution in [2.75, 3.05) is 28.4 Å². The predicted octanol–water partition coefficient (Wildman–Crippen LogP) is 11.5. The summed E-state index contributed by atoms with van der Waals surface area (Å²) in [4.78, 5) is 0. The predicted molar refractivity (Wildman–Crippen MR) is 201 cm³/mol. The Bertz CT molecular complexity index is 2760. The molecule has 8 rings (SSSR count). The van der Waals surface area contributed by atoms with E-state index in [4.69, 9.17) is 18.9 Å². The van der Waals surface area contributed by atoms with Crippen molar-refractivity contribution in [3.63, 3.8) is 0 Å². The van der Waals surface area contributed by atoms with Crippen LogP contribution in [0, 0.1) is 11.3 Å². The second-order valence-electron chi connectivity index (χ2n) is 13.0. The molecule has 0 bridgehead atoms. The summed E-state index contributed by atoms with van der Waals surface area (Å²) in [5.41, 5.74) is -0.743. The SMILES string of the molecule is COc1ccc2c(c1)c1cc(OC)ccc1n2-c1ccc(-c2cc(C(F)(F)F)cc(C(F)(F)F)c2)c(-n2c3ccc(OC)cc3c3cc(OC)ccc32)c1C#N. The first-order chi connectivity index (χ1) is 26.8. The van der Waals surface area contributed by atoms with Crippen LogP contribution in [0.4, 0.5) is 26.3 Å². The van der Waals surface area contributed by atoms with Crippen LogP contribution in [0.2, 0.25) is 0 Å². The molecule has 0 aliphatic heterocycles. The lowest BCUT2D eigenvalue weighted by Crippen LogP contribution is -2.12. The van der Waals surface area contributed by atoms with Crippen LogP contribution in [0.5, 0.6) is 23.0 Å². The quantitative estimate of drug-likeness (QED) is 0.151. The molecule has 0 fully saturated rings. The van der Waals surface area contributed by atoms with Crippen LogP contribution in [0.25, 0.3) is 66.1 Å². The fourth-order valence-corrected chi connectivity index (χ4v) is 7.42. The van der Waals surface area contributed by atoms with Crippen molar-refractivity contribution in [3.05, 3.63) is 120 Å². The van der Waals surface area contributed by atoms with Crippen molar-refractivity contribution in [2.45, 2.75) is 12.4 Å². The summed E-state index contributed by atoms with van der Waals surface area (Å²) in [5, 5.41) is 14.0. The third kappa shape index (κ3) is 5.76. The van der Waals surface area contributed by atoms with Crippen molar-refractivity contribution < 1.29 is 45.3 Å². The number of fused-ring (bicyclic) bond motifs is 6. The Kier molecular flexibility index (Phi) is 8.52. The summed E-state index contributed by atoms with van der Waals surface area (Å²) < 4.78 is 112. The standard InChI is InChI=1S/C43H29F6N3O4/c1-53-26-5-10-36-31(18-26)32-19-27(54-2)6-11-37(32)51(36)40-14-9-30(23-15-24(42(44,45)46)17-25(16-23)43(47,48)49)41(35(40)22-50)52-38-12-7-28(55-3)20-33(38)34-21-29(56-4)8-13-39(34)52/h5-21H,1-4H3. The lowest BCUT2D eigenvalue weighted by atomic mass is 9.94. The van der Waals surface area contributed by atoms with Crippen LogP contribution in [0.3, 0.4) is 0 Å². The Balaban J connectivity index is 1.57. The van der Waals surface area contributed by atoms with Gasteiger partial charge in [0.1, 0.15) is 34.6 Å². The van der Waals surface area contributed by atoms with E-state index in [2.05, 4.69) is 6.07 Å². The number of alkyl halides is 6. The van der Waals surface area contributed by atoms with Gasteiger partial charge in [0, 0.05) is 27.1 Å². The minimum absolute atomic E-state index is 0.0238. The number of hydrogen-bond acceptors (Lipinski definition) is 5. The maximum Gasteiger partial charge on any atom is 0.416 e. The molecule has 0 aliphatic carbocycles. The molecule has 0 saturated heterocycles. The summed E-state index contributed by atoms with van der Waals surface area (Å²) in [6, 6.07) is 27.9. The van der Waals surface area contributed by atoms with Gasteiger partial charge in [0.15, 0.2) is 0 Å². The van der Waals surface area contributed by atoms with E-state index >= 15 is 0 Å². The van der Waals surface area contributed by atoms with E-state index in [-0.39, 0.29) is 28.4 Å². The van der Waals surface area contributed by atoms with Crippen LogP contribution in [-0.4, -0.2) is 37.6 Å². The molecule has 7 nitrogen and oxygen atoms in total. The second kappa shape index (κ2) is 13.2. The molecule has 0 spiro atoms. The van der Waals surface area contributed by atoms with Gasteiger partial charge in [-0.25, -0.2) is 0 Å². The third-order valence-electron chi connectivity index (χ3n) is 9.99. The molecule has 2 heterocycles. The average Bonchev–Trinajstić information content (AvgIpc) is 3.69. The Hall–Kier alpha value is -6.81. The highest BCUT2D eigenvalue weighted by Crippen LogP contribution is 2.46. The summed E-state index contributed by atoms with van der Waals surface area (Å²) in [7, 11) is 6.07. The molecule has 8 aromatic rings. The molecule has 13 heteroatoms. The first kappa shape index (κ1) is 36.2. The van der Waals surface area contributed by atoms with Crippen molar-refractivity contribution >= 4 is 43.6 Å². The van der Waals surface area contributed by atoms with Crippen LogP contribution in [0.1, 0.15) is 16.7 Å². The van der Waals surface area contributed by atoms with Gasteiger partial charge in [-0.1, -0.05) is 6.07 Å².